The second kappa shape index (κ2) is 12.0. The zero-order chi connectivity index (χ0) is 27.2. The van der Waals surface area contributed by atoms with Gasteiger partial charge < -0.3 is 29.7 Å². The van der Waals surface area contributed by atoms with Crippen molar-refractivity contribution in [2.45, 2.75) is 19.8 Å². The number of aromatic amines is 1. The Hall–Kier alpha value is -4.38. The van der Waals surface area contributed by atoms with Crippen LogP contribution in [0.1, 0.15) is 18.7 Å². The maximum absolute atomic E-state index is 11.4. The number of benzene rings is 2. The maximum Gasteiger partial charge on any atom is 0.227 e. The zero-order valence-corrected chi connectivity index (χ0v) is 22.4. The van der Waals surface area contributed by atoms with Crippen LogP contribution in [0.4, 0.5) is 23.1 Å². The summed E-state index contributed by atoms with van der Waals surface area (Å²) >= 11 is 0. The van der Waals surface area contributed by atoms with Gasteiger partial charge in [-0.15, -0.1) is 0 Å². The molecule has 11 nitrogen and oxygen atoms in total. The van der Waals surface area contributed by atoms with E-state index in [-0.39, 0.29) is 11.8 Å². The topological polar surface area (TPSA) is 127 Å². The minimum Gasteiger partial charge on any atom is -0.497 e. The molecule has 0 radical (unpaired) electrons. The Kier molecular flexibility index (Phi) is 8.07. The summed E-state index contributed by atoms with van der Waals surface area (Å²) in [6, 6.07) is 15.3. The van der Waals surface area contributed by atoms with E-state index in [9.17, 15) is 4.79 Å². The average Bonchev–Trinajstić information content (AvgIpc) is 3.76. The fraction of sp³-hybridized carbons (Fsp3) is 0.357. The van der Waals surface area contributed by atoms with Crippen LogP contribution < -0.4 is 25.0 Å². The quantitative estimate of drug-likeness (QED) is 0.320. The number of rotatable bonds is 7. The van der Waals surface area contributed by atoms with E-state index in [0.29, 0.717) is 36.4 Å². The van der Waals surface area contributed by atoms with Crippen molar-refractivity contribution in [3.05, 3.63) is 54.4 Å². The third-order valence-corrected chi connectivity index (χ3v) is 6.49. The molecule has 2 fully saturated rings. The summed E-state index contributed by atoms with van der Waals surface area (Å²) in [6.45, 7) is 4.78. The molecule has 1 saturated carbocycles. The Morgan fingerprint density at radius 3 is 2.44 bits per heavy atom. The fourth-order valence-electron chi connectivity index (χ4n) is 4.24. The van der Waals surface area contributed by atoms with Crippen LogP contribution in [0, 0.1) is 12.8 Å². The number of para-hydroxylation sites is 1. The normalized spacial score (nSPS) is 14.8. The lowest BCUT2D eigenvalue weighted by molar-refractivity contribution is -0.117. The van der Waals surface area contributed by atoms with Gasteiger partial charge >= 0.3 is 0 Å². The van der Waals surface area contributed by atoms with Crippen molar-refractivity contribution in [3.8, 4) is 11.5 Å². The van der Waals surface area contributed by atoms with Crippen LogP contribution in [0.5, 0.6) is 11.5 Å². The minimum absolute atomic E-state index is 0.134. The van der Waals surface area contributed by atoms with Crippen LogP contribution in [-0.2, 0) is 9.53 Å². The second-order valence-electron chi connectivity index (χ2n) is 9.31. The van der Waals surface area contributed by atoms with Crippen molar-refractivity contribution in [2.75, 3.05) is 56.1 Å². The standard InChI is InChI=1S/C17H20N6O2.C11H13NO2/c1-11-18-16(20-15-12-5-3-4-6-13(12)21-22-15)14(24-2)17(19-11)23-7-9-25-10-8-23;1-14-10-6-4-9(5-7-10)12-11(13)8-2-3-8/h3-6H,7-10H2,1-2H3,(H2,18,19,20,21,22);4-8H,2-3H2,1H3,(H,12,13). The zero-order valence-electron chi connectivity index (χ0n) is 22.4. The minimum atomic E-state index is 0.134. The number of aromatic nitrogens is 4. The Balaban J connectivity index is 0.000000186. The Labute approximate surface area is 226 Å². The number of ether oxygens (including phenoxy) is 3. The predicted octanol–water partition coefficient (Wildman–Crippen LogP) is 4.29. The molecule has 1 saturated heterocycles. The van der Waals surface area contributed by atoms with Gasteiger partial charge in [0.15, 0.2) is 17.5 Å². The molecule has 2 aromatic heterocycles. The number of H-pyrrole nitrogens is 1. The SMILES string of the molecule is COc1c(Nc2n[nH]c3ccccc23)nc(C)nc1N1CCOCC1.COc1ccc(NC(=O)C2CC2)cc1. The monoisotopic (exact) mass is 531 g/mol. The molecule has 39 heavy (non-hydrogen) atoms. The smallest absolute Gasteiger partial charge is 0.227 e. The molecule has 2 aliphatic rings. The lowest BCUT2D eigenvalue weighted by Crippen LogP contribution is -2.37. The number of hydrogen-bond acceptors (Lipinski definition) is 9. The van der Waals surface area contributed by atoms with Gasteiger partial charge in [-0.3, -0.25) is 9.89 Å². The molecule has 6 rings (SSSR count). The Morgan fingerprint density at radius 1 is 1.00 bits per heavy atom. The molecular formula is C28H33N7O4. The highest BCUT2D eigenvalue weighted by molar-refractivity contribution is 5.94. The first kappa shape index (κ1) is 26.2. The summed E-state index contributed by atoms with van der Waals surface area (Å²) < 4.78 is 16.1. The van der Waals surface area contributed by atoms with Crippen LogP contribution in [0.15, 0.2) is 48.5 Å². The van der Waals surface area contributed by atoms with Crippen molar-refractivity contribution in [1.82, 2.24) is 20.2 Å². The molecule has 3 N–H and O–H groups in total. The maximum atomic E-state index is 11.4. The number of hydrogen-bond donors (Lipinski definition) is 3. The van der Waals surface area contributed by atoms with Gasteiger partial charge in [-0.2, -0.15) is 5.10 Å². The summed E-state index contributed by atoms with van der Waals surface area (Å²) in [5, 5.41) is 14.5. The van der Waals surface area contributed by atoms with Crippen molar-refractivity contribution < 1.29 is 19.0 Å². The predicted molar refractivity (Wildman–Crippen MR) is 150 cm³/mol. The number of carbonyl (C=O) groups is 1. The Morgan fingerprint density at radius 2 is 1.74 bits per heavy atom. The van der Waals surface area contributed by atoms with Crippen LogP contribution in [0.3, 0.4) is 0 Å². The van der Waals surface area contributed by atoms with Crippen LogP contribution in [0.2, 0.25) is 0 Å². The number of aryl methyl sites for hydroxylation is 1. The van der Waals surface area contributed by atoms with Crippen molar-refractivity contribution in [1.29, 1.82) is 0 Å². The van der Waals surface area contributed by atoms with E-state index < -0.39 is 0 Å². The molecular weight excluding hydrogens is 498 g/mol. The van der Waals surface area contributed by atoms with Gasteiger partial charge in [-0.05, 0) is 56.2 Å². The first-order valence-electron chi connectivity index (χ1n) is 13.0. The molecule has 0 atom stereocenters. The highest BCUT2D eigenvalue weighted by Crippen LogP contribution is 2.36. The van der Waals surface area contributed by atoms with Crippen molar-refractivity contribution in [3.63, 3.8) is 0 Å². The van der Waals surface area contributed by atoms with Gasteiger partial charge in [-0.25, -0.2) is 9.97 Å². The van der Waals surface area contributed by atoms with Crippen LogP contribution in [-0.4, -0.2) is 66.6 Å². The third kappa shape index (κ3) is 6.37. The highest BCUT2D eigenvalue weighted by atomic mass is 16.5. The molecule has 3 heterocycles. The van der Waals surface area contributed by atoms with Gasteiger partial charge in [0, 0.05) is 30.1 Å². The first-order chi connectivity index (χ1) is 19.1. The molecule has 0 unspecified atom stereocenters. The molecule has 1 aliphatic heterocycles. The second-order valence-corrected chi connectivity index (χ2v) is 9.31. The molecule has 4 aromatic rings. The molecule has 0 bridgehead atoms. The lowest BCUT2D eigenvalue weighted by Gasteiger charge is -2.29. The van der Waals surface area contributed by atoms with Gasteiger partial charge in [0.05, 0.1) is 33.0 Å². The largest absolute Gasteiger partial charge is 0.497 e. The van der Waals surface area contributed by atoms with Gasteiger partial charge in [0.1, 0.15) is 11.6 Å². The molecule has 1 amide bonds. The Bertz CT molecular complexity index is 1410. The van der Waals surface area contributed by atoms with Crippen LogP contribution in [0.25, 0.3) is 10.9 Å². The van der Waals surface area contributed by atoms with E-state index in [0.717, 1.165) is 54.1 Å². The molecule has 1 aliphatic carbocycles. The summed E-state index contributed by atoms with van der Waals surface area (Å²) in [4.78, 5) is 22.7. The molecule has 2 aromatic carbocycles. The number of amides is 1. The number of nitrogens with one attached hydrogen (secondary N) is 3. The molecule has 11 heteroatoms. The number of nitrogens with zero attached hydrogens (tertiary/aromatic N) is 4. The van der Waals surface area contributed by atoms with Crippen molar-refractivity contribution in [2.24, 2.45) is 5.92 Å². The average molecular weight is 532 g/mol. The van der Waals surface area contributed by atoms with E-state index in [1.165, 1.54) is 0 Å². The van der Waals surface area contributed by atoms with Crippen LogP contribution >= 0.6 is 0 Å². The number of methoxy groups -OCH3 is 2. The van der Waals surface area contributed by atoms with E-state index in [1.54, 1.807) is 14.2 Å². The van der Waals surface area contributed by atoms with Gasteiger partial charge in [0.2, 0.25) is 11.7 Å². The number of carbonyl (C=O) groups excluding carboxylic acids is 1. The third-order valence-electron chi connectivity index (χ3n) is 6.49. The first-order valence-corrected chi connectivity index (χ1v) is 13.0. The molecule has 0 spiro atoms. The van der Waals surface area contributed by atoms with E-state index in [2.05, 4.69) is 35.7 Å². The number of morpholine rings is 1. The summed E-state index contributed by atoms with van der Waals surface area (Å²) in [6.07, 6.45) is 2.06. The summed E-state index contributed by atoms with van der Waals surface area (Å²) in [5.74, 6) is 4.56. The lowest BCUT2D eigenvalue weighted by atomic mass is 10.2. The molecule has 204 valence electrons. The van der Waals surface area contributed by atoms with Gasteiger partial charge in [0.25, 0.3) is 0 Å². The van der Waals surface area contributed by atoms with Gasteiger partial charge in [-0.1, -0.05) is 12.1 Å². The summed E-state index contributed by atoms with van der Waals surface area (Å²) in [7, 11) is 3.25. The van der Waals surface area contributed by atoms with Crippen molar-refractivity contribution >= 4 is 40.0 Å². The fourth-order valence-corrected chi connectivity index (χ4v) is 4.24. The van der Waals surface area contributed by atoms with E-state index >= 15 is 0 Å². The van der Waals surface area contributed by atoms with E-state index in [1.807, 2.05) is 55.5 Å². The highest BCUT2D eigenvalue weighted by Gasteiger charge is 2.29. The number of fused-ring (bicyclic) bond motifs is 1. The summed E-state index contributed by atoms with van der Waals surface area (Å²) in [5.41, 5.74) is 1.80. The number of anilines is 4. The van der Waals surface area contributed by atoms with E-state index in [4.69, 9.17) is 14.2 Å².